The third-order valence-electron chi connectivity index (χ3n) is 3.67. The maximum absolute atomic E-state index is 12.1. The molecule has 0 aliphatic carbocycles. The van der Waals surface area contributed by atoms with Crippen molar-refractivity contribution < 1.29 is 13.2 Å². The molecule has 1 aromatic carbocycles. The van der Waals surface area contributed by atoms with Crippen LogP contribution in [-0.4, -0.2) is 25.1 Å². The van der Waals surface area contributed by atoms with Gasteiger partial charge in [0.05, 0.1) is 16.3 Å². The van der Waals surface area contributed by atoms with E-state index in [1.54, 1.807) is 31.2 Å². The lowest BCUT2D eigenvalue weighted by molar-refractivity contribution is 0.0950. The van der Waals surface area contributed by atoms with Gasteiger partial charge in [0.1, 0.15) is 0 Å². The van der Waals surface area contributed by atoms with Crippen LogP contribution in [0.3, 0.4) is 0 Å². The molecular weight excluding hydrogens is 334 g/mol. The van der Waals surface area contributed by atoms with Gasteiger partial charge in [0.25, 0.3) is 5.91 Å². The van der Waals surface area contributed by atoms with Crippen molar-refractivity contribution >= 4 is 27.1 Å². The lowest BCUT2D eigenvalue weighted by Crippen LogP contribution is -2.22. The van der Waals surface area contributed by atoms with E-state index in [1.807, 2.05) is 0 Å². The molecule has 0 unspecified atom stereocenters. The Kier molecular flexibility index (Phi) is 4.47. The van der Waals surface area contributed by atoms with Gasteiger partial charge in [0.2, 0.25) is 0 Å². The molecule has 0 saturated carbocycles. The highest BCUT2D eigenvalue weighted by Gasteiger charge is 2.19. The SMILES string of the molecule is CCS(=O)(=O)c1ccc(CNC(=O)c2nc3c(s2)CNC3)cc1. The van der Waals surface area contributed by atoms with Crippen LogP contribution in [0.15, 0.2) is 29.2 Å². The van der Waals surface area contributed by atoms with Gasteiger partial charge in [-0.15, -0.1) is 11.3 Å². The molecule has 2 heterocycles. The molecule has 0 spiro atoms. The van der Waals surface area contributed by atoms with Gasteiger partial charge >= 0.3 is 0 Å². The number of nitrogens with one attached hydrogen (secondary N) is 2. The monoisotopic (exact) mass is 351 g/mol. The molecule has 2 aromatic rings. The summed E-state index contributed by atoms with van der Waals surface area (Å²) in [5, 5.41) is 6.47. The van der Waals surface area contributed by atoms with Crippen LogP contribution >= 0.6 is 11.3 Å². The number of carbonyl (C=O) groups is 1. The number of amides is 1. The van der Waals surface area contributed by atoms with E-state index in [0.717, 1.165) is 22.7 Å². The number of benzene rings is 1. The summed E-state index contributed by atoms with van der Waals surface area (Å²) in [5.41, 5.74) is 1.80. The smallest absolute Gasteiger partial charge is 0.280 e. The van der Waals surface area contributed by atoms with E-state index in [4.69, 9.17) is 0 Å². The molecule has 2 N–H and O–H groups in total. The van der Waals surface area contributed by atoms with Gasteiger partial charge in [-0.3, -0.25) is 4.79 Å². The zero-order valence-electron chi connectivity index (χ0n) is 12.6. The average Bonchev–Trinajstić information content (AvgIpc) is 3.14. The predicted octanol–water partition coefficient (Wildman–Crippen LogP) is 1.47. The van der Waals surface area contributed by atoms with E-state index in [0.29, 0.717) is 23.0 Å². The van der Waals surface area contributed by atoms with Gasteiger partial charge < -0.3 is 10.6 Å². The molecule has 0 radical (unpaired) electrons. The molecule has 0 bridgehead atoms. The van der Waals surface area contributed by atoms with Crippen molar-refractivity contribution in [2.45, 2.75) is 31.5 Å². The molecule has 1 aromatic heterocycles. The Bertz CT molecular complexity index is 805. The van der Waals surface area contributed by atoms with Crippen molar-refractivity contribution in [3.63, 3.8) is 0 Å². The Labute approximate surface area is 138 Å². The highest BCUT2D eigenvalue weighted by molar-refractivity contribution is 7.91. The maximum Gasteiger partial charge on any atom is 0.280 e. The summed E-state index contributed by atoms with van der Waals surface area (Å²) in [7, 11) is -3.19. The van der Waals surface area contributed by atoms with Crippen molar-refractivity contribution in [3.05, 3.63) is 45.4 Å². The van der Waals surface area contributed by atoms with E-state index < -0.39 is 9.84 Å². The molecule has 1 amide bonds. The third kappa shape index (κ3) is 3.44. The summed E-state index contributed by atoms with van der Waals surface area (Å²) < 4.78 is 23.5. The molecule has 0 saturated heterocycles. The van der Waals surface area contributed by atoms with E-state index in [9.17, 15) is 13.2 Å². The second kappa shape index (κ2) is 6.38. The molecule has 3 rings (SSSR count). The zero-order valence-corrected chi connectivity index (χ0v) is 14.3. The van der Waals surface area contributed by atoms with E-state index in [2.05, 4.69) is 15.6 Å². The maximum atomic E-state index is 12.1. The number of sulfone groups is 1. The second-order valence-corrected chi connectivity index (χ2v) is 8.58. The van der Waals surface area contributed by atoms with Crippen LogP contribution in [0.4, 0.5) is 0 Å². The molecule has 0 atom stereocenters. The Morgan fingerprint density at radius 1 is 1.30 bits per heavy atom. The van der Waals surface area contributed by atoms with Crippen LogP contribution in [0.2, 0.25) is 0 Å². The van der Waals surface area contributed by atoms with E-state index in [-0.39, 0.29) is 11.7 Å². The standard InChI is InChI=1S/C15H17N3O3S2/c1-2-23(20,21)11-5-3-10(4-6-11)7-17-14(19)15-18-12-8-16-9-13(12)22-15/h3-6,16H,2,7-9H2,1H3,(H,17,19). The van der Waals surface area contributed by atoms with Crippen LogP contribution in [0.25, 0.3) is 0 Å². The van der Waals surface area contributed by atoms with E-state index >= 15 is 0 Å². The van der Waals surface area contributed by atoms with Gasteiger partial charge in [0.15, 0.2) is 14.8 Å². The second-order valence-electron chi connectivity index (χ2n) is 5.22. The number of fused-ring (bicyclic) bond motifs is 1. The average molecular weight is 351 g/mol. The molecule has 122 valence electrons. The Morgan fingerprint density at radius 2 is 2.04 bits per heavy atom. The predicted molar refractivity (Wildman–Crippen MR) is 88.0 cm³/mol. The fourth-order valence-electron chi connectivity index (χ4n) is 2.29. The van der Waals surface area contributed by atoms with Crippen molar-refractivity contribution in [3.8, 4) is 0 Å². The molecule has 1 aliphatic rings. The summed E-state index contributed by atoms with van der Waals surface area (Å²) in [6.45, 7) is 3.44. The lowest BCUT2D eigenvalue weighted by atomic mass is 10.2. The van der Waals surface area contributed by atoms with Crippen molar-refractivity contribution in [1.82, 2.24) is 15.6 Å². The van der Waals surface area contributed by atoms with Gasteiger partial charge in [-0.25, -0.2) is 13.4 Å². The first-order chi connectivity index (χ1) is 11.0. The summed E-state index contributed by atoms with van der Waals surface area (Å²) >= 11 is 1.41. The number of aromatic nitrogens is 1. The number of nitrogens with zero attached hydrogens (tertiary/aromatic N) is 1. The summed E-state index contributed by atoms with van der Waals surface area (Å²) in [6, 6.07) is 6.58. The molecule has 8 heteroatoms. The number of hydrogen-bond donors (Lipinski definition) is 2. The minimum atomic E-state index is -3.19. The number of hydrogen-bond acceptors (Lipinski definition) is 6. The first-order valence-electron chi connectivity index (χ1n) is 7.29. The molecule has 23 heavy (non-hydrogen) atoms. The molecule has 1 aliphatic heterocycles. The molecule has 6 nitrogen and oxygen atoms in total. The van der Waals surface area contributed by atoms with Gasteiger partial charge in [-0.05, 0) is 17.7 Å². The van der Waals surface area contributed by atoms with Crippen LogP contribution in [0.5, 0.6) is 0 Å². The first kappa shape index (κ1) is 16.1. The number of carbonyl (C=O) groups excluding carboxylic acids is 1. The summed E-state index contributed by atoms with van der Waals surface area (Å²) in [6.07, 6.45) is 0. The van der Waals surface area contributed by atoms with Crippen LogP contribution in [0.1, 0.15) is 32.9 Å². The molecule has 0 fully saturated rings. The number of thiazole rings is 1. The highest BCUT2D eigenvalue weighted by atomic mass is 32.2. The van der Waals surface area contributed by atoms with Crippen LogP contribution in [0, 0.1) is 0 Å². The lowest BCUT2D eigenvalue weighted by Gasteiger charge is -2.05. The van der Waals surface area contributed by atoms with Crippen LogP contribution in [-0.2, 0) is 29.5 Å². The van der Waals surface area contributed by atoms with Gasteiger partial charge in [0, 0.05) is 24.5 Å². The van der Waals surface area contributed by atoms with Crippen molar-refractivity contribution in [1.29, 1.82) is 0 Å². The zero-order chi connectivity index (χ0) is 16.4. The minimum absolute atomic E-state index is 0.0760. The Morgan fingerprint density at radius 3 is 2.70 bits per heavy atom. The normalized spacial score (nSPS) is 13.8. The topological polar surface area (TPSA) is 88.2 Å². The van der Waals surface area contributed by atoms with Crippen LogP contribution < -0.4 is 10.6 Å². The van der Waals surface area contributed by atoms with Gasteiger partial charge in [-0.1, -0.05) is 19.1 Å². The minimum Gasteiger partial charge on any atom is -0.346 e. The summed E-state index contributed by atoms with van der Waals surface area (Å²) in [5.74, 6) is -0.123. The summed E-state index contributed by atoms with van der Waals surface area (Å²) in [4.78, 5) is 17.9. The van der Waals surface area contributed by atoms with Crippen molar-refractivity contribution in [2.24, 2.45) is 0 Å². The Hall–Kier alpha value is -1.77. The van der Waals surface area contributed by atoms with E-state index in [1.165, 1.54) is 11.3 Å². The fraction of sp³-hybridized carbons (Fsp3) is 0.333. The quantitative estimate of drug-likeness (QED) is 0.852. The molecular formula is C15H17N3O3S2. The van der Waals surface area contributed by atoms with Gasteiger partial charge in [-0.2, -0.15) is 0 Å². The third-order valence-corrected chi connectivity index (χ3v) is 6.51. The first-order valence-corrected chi connectivity index (χ1v) is 9.75. The largest absolute Gasteiger partial charge is 0.346 e. The number of rotatable bonds is 5. The Balaban J connectivity index is 1.62. The van der Waals surface area contributed by atoms with Crippen molar-refractivity contribution in [2.75, 3.05) is 5.75 Å². The highest BCUT2D eigenvalue weighted by Crippen LogP contribution is 2.22. The fourth-order valence-corrected chi connectivity index (χ4v) is 4.14.